The first-order chi connectivity index (χ1) is 10.8. The van der Waals surface area contributed by atoms with E-state index in [0.29, 0.717) is 11.4 Å². The molecule has 2 aliphatic rings. The quantitative estimate of drug-likeness (QED) is 0.629. The van der Waals surface area contributed by atoms with Gasteiger partial charge in [0.15, 0.2) is 0 Å². The fourth-order valence-electron chi connectivity index (χ4n) is 3.05. The molecule has 2 aliphatic carbocycles. The maximum absolute atomic E-state index is 8.75. The molecule has 4 heteroatoms. The van der Waals surface area contributed by atoms with Crippen molar-refractivity contribution < 1.29 is 0 Å². The summed E-state index contributed by atoms with van der Waals surface area (Å²) < 4.78 is 0. The highest BCUT2D eigenvalue weighted by Crippen LogP contribution is 2.03. The molecule has 0 bridgehead atoms. The van der Waals surface area contributed by atoms with E-state index in [2.05, 4.69) is 9.98 Å². The van der Waals surface area contributed by atoms with Crippen molar-refractivity contribution >= 4 is 46.5 Å². The number of nitriles is 2. The van der Waals surface area contributed by atoms with E-state index in [4.69, 9.17) is 10.5 Å². The van der Waals surface area contributed by atoms with Crippen LogP contribution in [-0.4, -0.2) is 11.4 Å². The van der Waals surface area contributed by atoms with Gasteiger partial charge in [0, 0.05) is 0 Å². The largest absolute Gasteiger partial charge is 0.206 e. The zero-order valence-corrected chi connectivity index (χ0v) is 11.4. The molecule has 22 heavy (non-hydrogen) atoms. The summed E-state index contributed by atoms with van der Waals surface area (Å²) in [4.78, 5) is 7.65. The number of aliphatic imine (C=N–C) groups is 2. The Morgan fingerprint density at radius 2 is 0.909 bits per heavy atom. The summed E-state index contributed by atoms with van der Waals surface area (Å²) in [6, 6.07) is 8.04. The van der Waals surface area contributed by atoms with Crippen LogP contribution in [0.25, 0.3) is 35.1 Å². The summed E-state index contributed by atoms with van der Waals surface area (Å²) in [6.07, 6.45) is 11.3. The van der Waals surface area contributed by atoms with Gasteiger partial charge in [0.1, 0.15) is 0 Å². The molecule has 0 unspecified atom stereocenters. The van der Waals surface area contributed by atoms with Gasteiger partial charge in [-0.05, 0) is 56.0 Å². The Morgan fingerprint density at radius 1 is 0.591 bits per heavy atom. The predicted molar refractivity (Wildman–Crippen MR) is 86.4 cm³/mol. The minimum absolute atomic E-state index is 0.661. The van der Waals surface area contributed by atoms with Gasteiger partial charge in [-0.1, -0.05) is 24.3 Å². The lowest BCUT2D eigenvalue weighted by Crippen LogP contribution is -2.31. The van der Waals surface area contributed by atoms with Crippen LogP contribution in [0.5, 0.6) is 0 Å². The van der Waals surface area contributed by atoms with Crippen LogP contribution in [0.3, 0.4) is 0 Å². The zero-order chi connectivity index (χ0) is 15.1. The first-order valence-electron chi connectivity index (χ1n) is 6.72. The monoisotopic (exact) mass is 280 g/mol. The zero-order valence-electron chi connectivity index (χ0n) is 11.4. The van der Waals surface area contributed by atoms with Crippen LogP contribution in [0.15, 0.2) is 34.3 Å². The Kier molecular flexibility index (Phi) is 2.51. The second-order valence-electron chi connectivity index (χ2n) is 5.09. The minimum Gasteiger partial charge on any atom is -0.174 e. The van der Waals surface area contributed by atoms with Gasteiger partial charge >= 0.3 is 0 Å². The van der Waals surface area contributed by atoms with E-state index < -0.39 is 0 Å². The van der Waals surface area contributed by atoms with Crippen molar-refractivity contribution in [3.63, 3.8) is 0 Å². The highest BCUT2D eigenvalue weighted by Gasteiger charge is 2.09. The highest BCUT2D eigenvalue weighted by molar-refractivity contribution is 6.32. The average molecular weight is 280 g/mol. The van der Waals surface area contributed by atoms with E-state index >= 15 is 0 Å². The Balaban J connectivity index is 2.23. The molecular weight excluding hydrogens is 272 g/mol. The molecule has 4 rings (SSSR count). The Labute approximate surface area is 125 Å². The van der Waals surface area contributed by atoms with Gasteiger partial charge in [-0.2, -0.15) is 20.5 Å². The highest BCUT2D eigenvalue weighted by atomic mass is 14.7. The SMILES string of the molecule is N#CN=C1C=c2ccc3c4c(ccc(c24)=C1)=CC(=NC#N)C=3. The number of nitrogens with zero attached hydrogens (tertiary/aromatic N) is 4. The summed E-state index contributed by atoms with van der Waals surface area (Å²) >= 11 is 0. The molecule has 0 N–H and O–H groups in total. The molecule has 0 radical (unpaired) electrons. The molecule has 0 aromatic heterocycles. The van der Waals surface area contributed by atoms with Gasteiger partial charge in [-0.3, -0.25) is 0 Å². The summed E-state index contributed by atoms with van der Waals surface area (Å²) in [7, 11) is 0. The maximum Gasteiger partial charge on any atom is 0.206 e. The van der Waals surface area contributed by atoms with Crippen molar-refractivity contribution in [1.29, 1.82) is 10.5 Å². The summed E-state index contributed by atoms with van der Waals surface area (Å²) in [5.74, 6) is 0. The summed E-state index contributed by atoms with van der Waals surface area (Å²) in [6.45, 7) is 0. The van der Waals surface area contributed by atoms with Gasteiger partial charge in [-0.15, -0.1) is 0 Å². The second-order valence-corrected chi connectivity index (χ2v) is 5.09. The number of benzene rings is 2. The van der Waals surface area contributed by atoms with E-state index in [1.807, 2.05) is 61.0 Å². The van der Waals surface area contributed by atoms with Crippen molar-refractivity contribution in [3.05, 3.63) is 45.1 Å². The molecule has 0 atom stereocenters. The third-order valence-corrected chi connectivity index (χ3v) is 3.86. The van der Waals surface area contributed by atoms with Crippen molar-refractivity contribution in [1.82, 2.24) is 0 Å². The van der Waals surface area contributed by atoms with E-state index in [0.717, 1.165) is 31.6 Å². The van der Waals surface area contributed by atoms with Crippen molar-refractivity contribution in [2.45, 2.75) is 0 Å². The van der Waals surface area contributed by atoms with Crippen LogP contribution < -0.4 is 20.9 Å². The lowest BCUT2D eigenvalue weighted by molar-refractivity contribution is 1.44. The molecule has 4 nitrogen and oxygen atoms in total. The molecule has 0 heterocycles. The number of hydrogen-bond donors (Lipinski definition) is 0. The first kappa shape index (κ1) is 12.3. The molecule has 0 fully saturated rings. The molecule has 0 aliphatic heterocycles. The van der Waals surface area contributed by atoms with Crippen molar-refractivity contribution in [2.24, 2.45) is 9.98 Å². The smallest absolute Gasteiger partial charge is 0.174 e. The maximum atomic E-state index is 8.75. The van der Waals surface area contributed by atoms with Gasteiger partial charge in [-0.25, -0.2) is 0 Å². The molecule has 2 aromatic rings. The van der Waals surface area contributed by atoms with Crippen LogP contribution in [0, 0.1) is 22.9 Å². The lowest BCUT2D eigenvalue weighted by atomic mass is 9.94. The normalized spacial score (nSPS) is 13.7. The summed E-state index contributed by atoms with van der Waals surface area (Å²) in [5, 5.41) is 24.0. The van der Waals surface area contributed by atoms with Crippen LogP contribution in [0.4, 0.5) is 0 Å². The standard InChI is InChI=1S/C18H8N4/c19-9-21-15-5-11-1-2-12-6-16(22-10-20)8-14-4-3-13(7-15)17(11)18(12)14/h1-8H. The van der Waals surface area contributed by atoms with Crippen LogP contribution in [0.1, 0.15) is 0 Å². The van der Waals surface area contributed by atoms with Gasteiger partial charge in [0.2, 0.25) is 12.4 Å². The third-order valence-electron chi connectivity index (χ3n) is 3.86. The molecule has 2 aromatic carbocycles. The molecule has 0 saturated heterocycles. The lowest BCUT2D eigenvalue weighted by Gasteiger charge is -2.10. The van der Waals surface area contributed by atoms with Crippen LogP contribution in [0.2, 0.25) is 0 Å². The molecule has 0 saturated carbocycles. The fourth-order valence-corrected chi connectivity index (χ4v) is 3.05. The second kappa shape index (κ2) is 4.51. The van der Waals surface area contributed by atoms with Crippen molar-refractivity contribution in [3.8, 4) is 12.4 Å². The topological polar surface area (TPSA) is 72.3 Å². The molecule has 0 spiro atoms. The van der Waals surface area contributed by atoms with Crippen LogP contribution in [-0.2, 0) is 0 Å². The van der Waals surface area contributed by atoms with Crippen LogP contribution >= 0.6 is 0 Å². The van der Waals surface area contributed by atoms with Gasteiger partial charge in [0.05, 0.1) is 11.4 Å². The van der Waals surface area contributed by atoms with E-state index in [-0.39, 0.29) is 0 Å². The van der Waals surface area contributed by atoms with E-state index in [9.17, 15) is 0 Å². The Morgan fingerprint density at radius 3 is 1.18 bits per heavy atom. The van der Waals surface area contributed by atoms with E-state index in [1.54, 1.807) is 0 Å². The fraction of sp³-hybridized carbons (Fsp3) is 0. The Bertz CT molecular complexity index is 1060. The average Bonchev–Trinajstić information content (AvgIpc) is 2.53. The first-order valence-corrected chi connectivity index (χ1v) is 6.72. The number of rotatable bonds is 0. The van der Waals surface area contributed by atoms with Gasteiger partial charge < -0.3 is 0 Å². The van der Waals surface area contributed by atoms with E-state index in [1.165, 1.54) is 0 Å². The number of hydrogen-bond acceptors (Lipinski definition) is 4. The van der Waals surface area contributed by atoms with Crippen molar-refractivity contribution in [2.75, 3.05) is 0 Å². The summed E-state index contributed by atoms with van der Waals surface area (Å²) in [5.41, 5.74) is 1.32. The van der Waals surface area contributed by atoms with Gasteiger partial charge in [0.25, 0.3) is 0 Å². The Hall–Kier alpha value is -3.50. The molecule has 0 amide bonds. The predicted octanol–water partition coefficient (Wildman–Crippen LogP) is -0.167. The minimum atomic E-state index is 0.661. The molecular formula is C18H8N4. The third kappa shape index (κ3) is 1.69. The molecule has 100 valence electrons.